The summed E-state index contributed by atoms with van der Waals surface area (Å²) in [6.07, 6.45) is 0. The van der Waals surface area contributed by atoms with Crippen molar-refractivity contribution in [2.24, 2.45) is 0 Å². The Morgan fingerprint density at radius 3 is 2.20 bits per heavy atom. The number of methoxy groups -OCH3 is 1. The quantitative estimate of drug-likeness (QED) is 0.299. The molecule has 154 valence electrons. The summed E-state index contributed by atoms with van der Waals surface area (Å²) >= 11 is 6.14. The Bertz CT molecular complexity index is 1080. The van der Waals surface area contributed by atoms with Crippen LogP contribution < -0.4 is 9.47 Å². The van der Waals surface area contributed by atoms with Crippen LogP contribution in [0.4, 0.5) is 0 Å². The van der Waals surface area contributed by atoms with E-state index in [1.807, 2.05) is 24.3 Å². The van der Waals surface area contributed by atoms with E-state index in [0.29, 0.717) is 27.6 Å². The number of hydrogen-bond donors (Lipinski definition) is 1. The average Bonchev–Trinajstić information content (AvgIpc) is 2.73. The highest BCUT2D eigenvalue weighted by Crippen LogP contribution is 2.31. The highest BCUT2D eigenvalue weighted by atomic mass is 35.5. The number of rotatable bonds is 5. The van der Waals surface area contributed by atoms with Gasteiger partial charge < -0.3 is 9.47 Å². The predicted molar refractivity (Wildman–Crippen MR) is 120 cm³/mol. The second-order valence-electron chi connectivity index (χ2n) is 7.93. The molecule has 0 saturated heterocycles. The molecule has 0 atom stereocenters. The number of esters is 1. The summed E-state index contributed by atoms with van der Waals surface area (Å²) in [5.74, 6) is 0.460. The number of ether oxygens (including phenoxy) is 2. The fourth-order valence-electron chi connectivity index (χ4n) is 2.98. The molecule has 0 aromatic heterocycles. The van der Waals surface area contributed by atoms with Gasteiger partial charge in [-0.25, -0.2) is 4.79 Å². The lowest BCUT2D eigenvalue weighted by atomic mass is 9.85. The summed E-state index contributed by atoms with van der Waals surface area (Å²) in [6, 6.07) is 19.5. The summed E-state index contributed by atoms with van der Waals surface area (Å²) < 4.78 is 10.9. The molecule has 0 aliphatic heterocycles. The lowest BCUT2D eigenvalue weighted by Crippen LogP contribution is -2.16. The van der Waals surface area contributed by atoms with E-state index in [4.69, 9.17) is 26.5 Å². The maximum atomic E-state index is 12.7. The van der Waals surface area contributed by atoms with E-state index in [2.05, 4.69) is 20.8 Å². The number of nitrogens with one attached hydrogen (secondary N) is 1. The Balaban J connectivity index is 2.03. The van der Waals surface area contributed by atoms with Crippen LogP contribution in [0.3, 0.4) is 0 Å². The Hall–Kier alpha value is -3.11. The zero-order valence-corrected chi connectivity index (χ0v) is 18.2. The van der Waals surface area contributed by atoms with Crippen LogP contribution in [0.15, 0.2) is 66.7 Å². The molecule has 0 spiro atoms. The molecule has 0 aliphatic carbocycles. The third kappa shape index (κ3) is 4.71. The molecule has 0 radical (unpaired) electrons. The van der Waals surface area contributed by atoms with Crippen molar-refractivity contribution in [3.8, 4) is 11.5 Å². The minimum atomic E-state index is -0.562. The maximum Gasteiger partial charge on any atom is 0.345 e. The normalized spacial score (nSPS) is 11.1. The van der Waals surface area contributed by atoms with Crippen LogP contribution in [-0.2, 0) is 5.41 Å². The number of carbonyl (C=O) groups is 1. The van der Waals surface area contributed by atoms with E-state index in [1.54, 1.807) is 49.6 Å². The minimum absolute atomic E-state index is 0.125. The average molecular weight is 422 g/mol. The Labute approximate surface area is 181 Å². The van der Waals surface area contributed by atoms with E-state index in [0.717, 1.165) is 5.56 Å². The molecule has 1 N–H and O–H groups in total. The highest BCUT2D eigenvalue weighted by Gasteiger charge is 2.21. The van der Waals surface area contributed by atoms with Crippen molar-refractivity contribution in [1.82, 2.24) is 0 Å². The van der Waals surface area contributed by atoms with Gasteiger partial charge in [0.2, 0.25) is 0 Å². The van der Waals surface area contributed by atoms with Crippen molar-refractivity contribution in [2.75, 3.05) is 7.11 Å². The van der Waals surface area contributed by atoms with Gasteiger partial charge in [0, 0.05) is 11.1 Å². The van der Waals surface area contributed by atoms with Crippen molar-refractivity contribution < 1.29 is 14.3 Å². The first-order chi connectivity index (χ1) is 14.2. The largest absolute Gasteiger partial charge is 0.497 e. The standard InChI is InChI=1S/C25H24ClNO3/c1-25(2,3)17-11-14-22(30-24(28)19-7-5-6-8-21(19)26)20(15-17)23(27)16-9-12-18(29-4)13-10-16/h5-15,27H,1-4H3. The molecule has 0 fully saturated rings. The molecule has 4 nitrogen and oxygen atoms in total. The smallest absolute Gasteiger partial charge is 0.345 e. The van der Waals surface area contributed by atoms with Gasteiger partial charge in [-0.3, -0.25) is 5.41 Å². The van der Waals surface area contributed by atoms with Crippen molar-refractivity contribution in [1.29, 1.82) is 5.41 Å². The summed E-state index contributed by atoms with van der Waals surface area (Å²) in [7, 11) is 1.60. The molecule has 0 saturated carbocycles. The summed E-state index contributed by atoms with van der Waals surface area (Å²) in [5.41, 5.74) is 2.67. The van der Waals surface area contributed by atoms with Gasteiger partial charge in [0.05, 0.1) is 23.4 Å². The zero-order valence-electron chi connectivity index (χ0n) is 17.5. The van der Waals surface area contributed by atoms with E-state index >= 15 is 0 Å². The molecule has 5 heteroatoms. The minimum Gasteiger partial charge on any atom is -0.497 e. The van der Waals surface area contributed by atoms with Crippen LogP contribution in [-0.4, -0.2) is 18.8 Å². The van der Waals surface area contributed by atoms with Gasteiger partial charge in [0.1, 0.15) is 11.5 Å². The molecule has 0 unspecified atom stereocenters. The Morgan fingerprint density at radius 1 is 0.933 bits per heavy atom. The monoisotopic (exact) mass is 421 g/mol. The van der Waals surface area contributed by atoms with E-state index in [1.165, 1.54) is 0 Å². The number of benzene rings is 3. The Kier molecular flexibility index (Phi) is 6.28. The molecule has 0 bridgehead atoms. The van der Waals surface area contributed by atoms with Crippen LogP contribution in [0.2, 0.25) is 5.02 Å². The van der Waals surface area contributed by atoms with Crippen molar-refractivity contribution in [3.63, 3.8) is 0 Å². The third-order valence-electron chi connectivity index (χ3n) is 4.79. The predicted octanol–water partition coefficient (Wildman–Crippen LogP) is 6.28. The van der Waals surface area contributed by atoms with Crippen LogP contribution in [0.25, 0.3) is 0 Å². The third-order valence-corrected chi connectivity index (χ3v) is 5.12. The number of carbonyl (C=O) groups excluding carboxylic acids is 1. The van der Waals surface area contributed by atoms with Crippen LogP contribution in [0, 0.1) is 5.41 Å². The van der Waals surface area contributed by atoms with Crippen molar-refractivity contribution in [2.45, 2.75) is 26.2 Å². The fraction of sp³-hybridized carbons (Fsp3) is 0.200. The van der Waals surface area contributed by atoms with Gasteiger partial charge in [0.15, 0.2) is 0 Å². The number of halogens is 1. The zero-order chi connectivity index (χ0) is 21.9. The van der Waals surface area contributed by atoms with Gasteiger partial charge in [-0.2, -0.15) is 0 Å². The van der Waals surface area contributed by atoms with Crippen molar-refractivity contribution >= 4 is 23.3 Å². The molecule has 30 heavy (non-hydrogen) atoms. The van der Waals surface area contributed by atoms with Crippen molar-refractivity contribution in [3.05, 3.63) is 94.0 Å². The van der Waals surface area contributed by atoms with Crippen LogP contribution in [0.1, 0.15) is 47.8 Å². The first kappa shape index (κ1) is 21.6. The van der Waals surface area contributed by atoms with Gasteiger partial charge >= 0.3 is 5.97 Å². The molecular formula is C25H24ClNO3. The van der Waals surface area contributed by atoms with Gasteiger partial charge in [-0.05, 0) is 59.5 Å². The van der Waals surface area contributed by atoms with Gasteiger partial charge in [-0.1, -0.05) is 50.6 Å². The van der Waals surface area contributed by atoms with E-state index in [-0.39, 0.29) is 16.7 Å². The topological polar surface area (TPSA) is 59.4 Å². The molecule has 0 amide bonds. The lowest BCUT2D eigenvalue weighted by molar-refractivity contribution is 0.0734. The molecule has 3 rings (SSSR count). The first-order valence-electron chi connectivity index (χ1n) is 9.55. The SMILES string of the molecule is COc1ccc(C(=N)c2cc(C(C)(C)C)ccc2OC(=O)c2ccccc2Cl)cc1. The molecule has 0 heterocycles. The molecular weight excluding hydrogens is 398 g/mol. The highest BCUT2D eigenvalue weighted by molar-refractivity contribution is 6.33. The second-order valence-corrected chi connectivity index (χ2v) is 8.34. The fourth-order valence-corrected chi connectivity index (χ4v) is 3.19. The van der Waals surface area contributed by atoms with Gasteiger partial charge in [-0.15, -0.1) is 0 Å². The first-order valence-corrected chi connectivity index (χ1v) is 9.93. The Morgan fingerprint density at radius 2 is 1.60 bits per heavy atom. The van der Waals surface area contributed by atoms with Crippen LogP contribution >= 0.6 is 11.6 Å². The molecule has 3 aromatic carbocycles. The molecule has 3 aromatic rings. The maximum absolute atomic E-state index is 12.7. The summed E-state index contributed by atoms with van der Waals surface area (Å²) in [5, 5.41) is 9.09. The summed E-state index contributed by atoms with van der Waals surface area (Å²) in [4.78, 5) is 12.7. The molecule has 0 aliphatic rings. The van der Waals surface area contributed by atoms with Gasteiger partial charge in [0.25, 0.3) is 0 Å². The van der Waals surface area contributed by atoms with E-state index in [9.17, 15) is 4.79 Å². The second kappa shape index (κ2) is 8.72. The lowest BCUT2D eigenvalue weighted by Gasteiger charge is -2.21. The number of hydrogen-bond acceptors (Lipinski definition) is 4. The summed E-state index contributed by atoms with van der Waals surface area (Å²) in [6.45, 7) is 6.29. The van der Waals surface area contributed by atoms with E-state index < -0.39 is 5.97 Å². The van der Waals surface area contributed by atoms with Crippen LogP contribution in [0.5, 0.6) is 11.5 Å².